The summed E-state index contributed by atoms with van der Waals surface area (Å²) in [5.41, 5.74) is -1.09. The van der Waals surface area contributed by atoms with Gasteiger partial charge in [0.2, 0.25) is 5.91 Å². The predicted octanol–water partition coefficient (Wildman–Crippen LogP) is 4.71. The number of carboxylic acids is 1. The van der Waals surface area contributed by atoms with E-state index in [1.165, 1.54) is 30.3 Å². The molecule has 4 nitrogen and oxygen atoms in total. The average Bonchev–Trinajstić information content (AvgIpc) is 2.54. The van der Waals surface area contributed by atoms with E-state index in [4.69, 9.17) is 16.7 Å². The summed E-state index contributed by atoms with van der Waals surface area (Å²) in [6, 6.07) is 8.51. The molecule has 2 aromatic carbocycles. The van der Waals surface area contributed by atoms with Crippen LogP contribution in [0.1, 0.15) is 21.5 Å². The summed E-state index contributed by atoms with van der Waals surface area (Å²) in [6.45, 7) is 0. The minimum absolute atomic E-state index is 0.0420. The van der Waals surface area contributed by atoms with Crippen molar-refractivity contribution in [2.75, 3.05) is 5.32 Å². The third-order valence-electron chi connectivity index (χ3n) is 3.15. The van der Waals surface area contributed by atoms with Gasteiger partial charge in [-0.25, -0.2) is 4.79 Å². The maximum atomic E-state index is 12.9. The highest BCUT2D eigenvalue weighted by Crippen LogP contribution is 2.32. The SMILES string of the molecule is O=C(/C=C/c1ccccc1C(F)(F)F)Nc1cc(C(=O)O)ccc1Cl. The zero-order chi connectivity index (χ0) is 18.6. The molecule has 25 heavy (non-hydrogen) atoms. The van der Waals surface area contributed by atoms with Crippen molar-refractivity contribution in [3.8, 4) is 0 Å². The second-order valence-electron chi connectivity index (χ2n) is 4.91. The first-order valence-electron chi connectivity index (χ1n) is 6.86. The fourth-order valence-electron chi connectivity index (χ4n) is 1.99. The Morgan fingerprint density at radius 2 is 1.80 bits per heavy atom. The molecule has 0 aliphatic carbocycles. The highest BCUT2D eigenvalue weighted by molar-refractivity contribution is 6.34. The topological polar surface area (TPSA) is 66.4 Å². The molecule has 0 fully saturated rings. The molecule has 130 valence electrons. The first kappa shape index (κ1) is 18.5. The third-order valence-corrected chi connectivity index (χ3v) is 3.48. The van der Waals surface area contributed by atoms with E-state index < -0.39 is 23.6 Å². The van der Waals surface area contributed by atoms with Crippen molar-refractivity contribution < 1.29 is 27.9 Å². The number of carbonyl (C=O) groups excluding carboxylic acids is 1. The Morgan fingerprint density at radius 1 is 1.12 bits per heavy atom. The van der Waals surface area contributed by atoms with E-state index in [9.17, 15) is 22.8 Å². The molecule has 0 bridgehead atoms. The highest BCUT2D eigenvalue weighted by Gasteiger charge is 2.32. The quantitative estimate of drug-likeness (QED) is 0.767. The van der Waals surface area contributed by atoms with E-state index in [-0.39, 0.29) is 21.8 Å². The number of aromatic carboxylic acids is 1. The Kier molecular flexibility index (Phi) is 5.48. The van der Waals surface area contributed by atoms with Gasteiger partial charge in [-0.2, -0.15) is 13.2 Å². The zero-order valence-corrected chi connectivity index (χ0v) is 13.2. The van der Waals surface area contributed by atoms with Crippen LogP contribution in [0.5, 0.6) is 0 Å². The fourth-order valence-corrected chi connectivity index (χ4v) is 2.16. The molecule has 0 heterocycles. The summed E-state index contributed by atoms with van der Waals surface area (Å²) in [7, 11) is 0. The Labute approximate surface area is 145 Å². The molecule has 0 aliphatic heterocycles. The highest BCUT2D eigenvalue weighted by atomic mass is 35.5. The largest absolute Gasteiger partial charge is 0.478 e. The summed E-state index contributed by atoms with van der Waals surface area (Å²) in [5.74, 6) is -1.96. The second-order valence-corrected chi connectivity index (χ2v) is 5.31. The van der Waals surface area contributed by atoms with Gasteiger partial charge in [0, 0.05) is 6.08 Å². The van der Waals surface area contributed by atoms with E-state index in [2.05, 4.69) is 5.32 Å². The second kappa shape index (κ2) is 7.40. The number of hydrogen-bond donors (Lipinski definition) is 2. The van der Waals surface area contributed by atoms with Crippen LogP contribution in [0.4, 0.5) is 18.9 Å². The predicted molar refractivity (Wildman–Crippen MR) is 87.5 cm³/mol. The summed E-state index contributed by atoms with van der Waals surface area (Å²) < 4.78 is 38.7. The lowest BCUT2D eigenvalue weighted by Crippen LogP contribution is -2.10. The van der Waals surface area contributed by atoms with Crippen LogP contribution in [0.15, 0.2) is 48.5 Å². The Morgan fingerprint density at radius 3 is 2.44 bits per heavy atom. The lowest BCUT2D eigenvalue weighted by atomic mass is 10.1. The number of hydrogen-bond acceptors (Lipinski definition) is 2. The molecule has 0 aliphatic rings. The first-order chi connectivity index (χ1) is 11.7. The number of alkyl halides is 3. The van der Waals surface area contributed by atoms with Gasteiger partial charge in [-0.15, -0.1) is 0 Å². The minimum Gasteiger partial charge on any atom is -0.478 e. The monoisotopic (exact) mass is 369 g/mol. The molecule has 2 rings (SSSR count). The minimum atomic E-state index is -4.55. The van der Waals surface area contributed by atoms with Crippen molar-refractivity contribution in [3.63, 3.8) is 0 Å². The van der Waals surface area contributed by atoms with Gasteiger partial charge in [-0.05, 0) is 35.9 Å². The van der Waals surface area contributed by atoms with Gasteiger partial charge in [0.1, 0.15) is 0 Å². The molecule has 1 amide bonds. The molecule has 8 heteroatoms. The molecular weight excluding hydrogens is 359 g/mol. The number of amides is 1. The van der Waals surface area contributed by atoms with Crippen LogP contribution in [0.2, 0.25) is 5.02 Å². The van der Waals surface area contributed by atoms with Crippen molar-refractivity contribution in [1.29, 1.82) is 0 Å². The zero-order valence-electron chi connectivity index (χ0n) is 12.5. The smallest absolute Gasteiger partial charge is 0.416 e. The van der Waals surface area contributed by atoms with Crippen LogP contribution in [-0.4, -0.2) is 17.0 Å². The van der Waals surface area contributed by atoms with E-state index >= 15 is 0 Å². The average molecular weight is 370 g/mol. The number of anilines is 1. The van der Waals surface area contributed by atoms with Crippen molar-refractivity contribution in [1.82, 2.24) is 0 Å². The van der Waals surface area contributed by atoms with Gasteiger partial charge < -0.3 is 10.4 Å². The van der Waals surface area contributed by atoms with Gasteiger partial charge in [-0.3, -0.25) is 4.79 Å². The van der Waals surface area contributed by atoms with Gasteiger partial charge in [-0.1, -0.05) is 29.8 Å². The molecular formula is C17H11ClF3NO3. The molecule has 2 N–H and O–H groups in total. The van der Waals surface area contributed by atoms with Gasteiger partial charge in [0.25, 0.3) is 0 Å². The van der Waals surface area contributed by atoms with Crippen molar-refractivity contribution in [3.05, 3.63) is 70.3 Å². The lowest BCUT2D eigenvalue weighted by Gasteiger charge is -2.10. The maximum Gasteiger partial charge on any atom is 0.416 e. The normalized spacial score (nSPS) is 11.5. The Bertz CT molecular complexity index is 847. The van der Waals surface area contributed by atoms with Crippen LogP contribution in [-0.2, 0) is 11.0 Å². The first-order valence-corrected chi connectivity index (χ1v) is 7.24. The van der Waals surface area contributed by atoms with Crippen molar-refractivity contribution in [2.45, 2.75) is 6.18 Å². The molecule has 0 atom stereocenters. The molecule has 0 saturated carbocycles. The number of rotatable bonds is 4. The van der Waals surface area contributed by atoms with Crippen LogP contribution in [0.25, 0.3) is 6.08 Å². The number of carboxylic acid groups (broad SMARTS) is 1. The number of nitrogens with one attached hydrogen (secondary N) is 1. The molecule has 2 aromatic rings. The van der Waals surface area contributed by atoms with Gasteiger partial charge >= 0.3 is 12.1 Å². The van der Waals surface area contributed by atoms with Gasteiger partial charge in [0.05, 0.1) is 21.8 Å². The third kappa shape index (κ3) is 4.84. The number of halogens is 4. The summed E-state index contributed by atoms with van der Waals surface area (Å²) in [5, 5.41) is 11.3. The molecule has 0 aromatic heterocycles. The van der Waals surface area contributed by atoms with Crippen LogP contribution in [0, 0.1) is 0 Å². The van der Waals surface area contributed by atoms with Crippen LogP contribution >= 0.6 is 11.6 Å². The van der Waals surface area contributed by atoms with Gasteiger partial charge in [0.15, 0.2) is 0 Å². The van der Waals surface area contributed by atoms with E-state index in [0.29, 0.717) is 0 Å². The standard InChI is InChI=1S/C17H11ClF3NO3/c18-13-7-5-11(16(24)25)9-14(13)22-15(23)8-6-10-3-1-2-4-12(10)17(19,20)21/h1-9H,(H,22,23)(H,24,25)/b8-6+. The van der Waals surface area contributed by atoms with Crippen LogP contribution < -0.4 is 5.32 Å². The molecule has 0 unspecified atom stereocenters. The van der Waals surface area contributed by atoms with Crippen molar-refractivity contribution in [2.24, 2.45) is 0 Å². The molecule has 0 radical (unpaired) electrons. The van der Waals surface area contributed by atoms with Crippen LogP contribution in [0.3, 0.4) is 0 Å². The summed E-state index contributed by atoms with van der Waals surface area (Å²) >= 11 is 5.87. The lowest BCUT2D eigenvalue weighted by molar-refractivity contribution is -0.137. The molecule has 0 spiro atoms. The summed E-state index contributed by atoms with van der Waals surface area (Å²) in [6.07, 6.45) is -2.61. The van der Waals surface area contributed by atoms with E-state index in [1.807, 2.05) is 0 Å². The maximum absolute atomic E-state index is 12.9. The molecule has 0 saturated heterocycles. The van der Waals surface area contributed by atoms with Crippen molar-refractivity contribution >= 4 is 35.2 Å². The fraction of sp³-hybridized carbons (Fsp3) is 0.0588. The Balaban J connectivity index is 2.20. The Hall–Kier alpha value is -2.80. The number of benzene rings is 2. The van der Waals surface area contributed by atoms with E-state index in [1.54, 1.807) is 0 Å². The summed E-state index contributed by atoms with van der Waals surface area (Å²) in [4.78, 5) is 22.8. The number of carbonyl (C=O) groups is 2. The van der Waals surface area contributed by atoms with E-state index in [0.717, 1.165) is 24.3 Å².